The second kappa shape index (κ2) is 13.1. The summed E-state index contributed by atoms with van der Waals surface area (Å²) in [5.74, 6) is 1.73. The average Bonchev–Trinajstić information content (AvgIpc) is 3.68. The molecule has 0 saturated carbocycles. The molecule has 6 rings (SSSR count). The van der Waals surface area contributed by atoms with Gasteiger partial charge in [0, 0.05) is 59.5 Å². The van der Waals surface area contributed by atoms with Crippen LogP contribution in [0.3, 0.4) is 0 Å². The van der Waals surface area contributed by atoms with E-state index in [1.165, 1.54) is 0 Å². The molecule has 6 heterocycles. The summed E-state index contributed by atoms with van der Waals surface area (Å²) in [6, 6.07) is 10.5. The summed E-state index contributed by atoms with van der Waals surface area (Å²) in [5.41, 5.74) is 14.0. The highest BCUT2D eigenvalue weighted by molar-refractivity contribution is 8.76. The molecule has 0 aliphatic carbocycles. The van der Waals surface area contributed by atoms with E-state index < -0.39 is 0 Å². The number of hydrogen-bond acceptors (Lipinski definition) is 6. The molecular weight excluding hydrogens is 589 g/mol. The molecule has 0 saturated heterocycles. The van der Waals surface area contributed by atoms with Crippen molar-refractivity contribution in [2.24, 2.45) is 0 Å². The van der Waals surface area contributed by atoms with E-state index in [1.54, 1.807) is 21.6 Å². The summed E-state index contributed by atoms with van der Waals surface area (Å²) in [6.45, 7) is 9.60. The Morgan fingerprint density at radius 3 is 2.16 bits per heavy atom. The maximum absolute atomic E-state index is 12.8. The minimum absolute atomic E-state index is 0.0405. The van der Waals surface area contributed by atoms with Gasteiger partial charge < -0.3 is 20.6 Å². The molecule has 3 aromatic rings. The van der Waals surface area contributed by atoms with Crippen LogP contribution in [0, 0.1) is 13.8 Å². The second-order valence-electron chi connectivity index (χ2n) is 11.5. The summed E-state index contributed by atoms with van der Waals surface area (Å²) in [6.07, 6.45) is 4.08. The van der Waals surface area contributed by atoms with Crippen molar-refractivity contribution in [2.75, 3.05) is 24.6 Å². The van der Waals surface area contributed by atoms with Crippen molar-refractivity contribution in [3.05, 3.63) is 69.8 Å². The highest BCUT2D eigenvalue weighted by atomic mass is 33.1. The molecule has 3 aliphatic rings. The SMILES string of the molecule is CC1=Cc2cc3[nH]c(cc3C)cc3[nH]c4cc5nc(cc1n2)C(C)=C5CCC(=O)NCCSSCCNC(=O)CCc4c3C. The highest BCUT2D eigenvalue weighted by Gasteiger charge is 2.20. The van der Waals surface area contributed by atoms with E-state index in [0.29, 0.717) is 38.8 Å². The van der Waals surface area contributed by atoms with Gasteiger partial charge in [-0.15, -0.1) is 0 Å². The predicted octanol–water partition coefficient (Wildman–Crippen LogP) is 6.76. The number of aromatic amines is 2. The van der Waals surface area contributed by atoms with E-state index in [2.05, 4.69) is 84.7 Å². The number of carbonyl (C=O) groups excluding carboxylic acids is 2. The van der Waals surface area contributed by atoms with Crippen LogP contribution in [0.15, 0.2) is 30.3 Å². The number of H-pyrrole nitrogens is 2. The molecule has 0 aromatic carbocycles. The van der Waals surface area contributed by atoms with Crippen molar-refractivity contribution >= 4 is 78.3 Å². The van der Waals surface area contributed by atoms with Crippen LogP contribution < -0.4 is 10.6 Å². The Labute approximate surface area is 265 Å². The zero-order chi connectivity index (χ0) is 30.8. The van der Waals surface area contributed by atoms with Crippen molar-refractivity contribution in [1.29, 1.82) is 0 Å². The second-order valence-corrected chi connectivity index (χ2v) is 14.2. The number of fused-ring (bicyclic) bond motifs is 6. The number of allylic oxidation sites excluding steroid dienone is 3. The van der Waals surface area contributed by atoms with Crippen LogP contribution in [0.2, 0.25) is 0 Å². The lowest BCUT2D eigenvalue weighted by molar-refractivity contribution is -0.121. The fourth-order valence-corrected chi connectivity index (χ4v) is 7.70. The van der Waals surface area contributed by atoms with E-state index in [0.717, 1.165) is 89.8 Å². The Morgan fingerprint density at radius 1 is 0.682 bits per heavy atom. The van der Waals surface area contributed by atoms with E-state index in [1.807, 2.05) is 0 Å². The van der Waals surface area contributed by atoms with Gasteiger partial charge in [-0.05, 0) is 110 Å². The molecular formula is C34H38N6O2S2. The van der Waals surface area contributed by atoms with Crippen molar-refractivity contribution in [3.63, 3.8) is 0 Å². The van der Waals surface area contributed by atoms with Crippen molar-refractivity contribution in [2.45, 2.75) is 53.4 Å². The van der Waals surface area contributed by atoms with Crippen LogP contribution >= 0.6 is 21.6 Å². The number of carbonyl (C=O) groups is 2. The molecule has 3 aromatic heterocycles. The van der Waals surface area contributed by atoms with Crippen LogP contribution in [0.25, 0.3) is 44.9 Å². The molecule has 0 spiro atoms. The molecule has 2 amide bonds. The molecule has 0 unspecified atom stereocenters. The summed E-state index contributed by atoms with van der Waals surface area (Å²) in [7, 11) is 3.43. The van der Waals surface area contributed by atoms with Gasteiger partial charge in [-0.3, -0.25) is 9.59 Å². The van der Waals surface area contributed by atoms with Crippen molar-refractivity contribution in [1.82, 2.24) is 30.6 Å². The summed E-state index contributed by atoms with van der Waals surface area (Å²) >= 11 is 0. The van der Waals surface area contributed by atoms with Crippen LogP contribution in [-0.4, -0.2) is 56.3 Å². The maximum atomic E-state index is 12.8. The summed E-state index contributed by atoms with van der Waals surface area (Å²) in [4.78, 5) is 42.9. The van der Waals surface area contributed by atoms with E-state index in [9.17, 15) is 9.59 Å². The Morgan fingerprint density at radius 2 is 1.41 bits per heavy atom. The van der Waals surface area contributed by atoms with Gasteiger partial charge in [0.25, 0.3) is 0 Å². The van der Waals surface area contributed by atoms with E-state index >= 15 is 0 Å². The first-order chi connectivity index (χ1) is 21.2. The first-order valence-corrected chi connectivity index (χ1v) is 17.6. The first-order valence-electron chi connectivity index (χ1n) is 15.1. The van der Waals surface area contributed by atoms with E-state index in [4.69, 9.17) is 9.97 Å². The van der Waals surface area contributed by atoms with Gasteiger partial charge in [-0.2, -0.15) is 0 Å². The molecule has 10 heteroatoms. The van der Waals surface area contributed by atoms with E-state index in [-0.39, 0.29) is 11.8 Å². The number of aromatic nitrogens is 4. The van der Waals surface area contributed by atoms with Gasteiger partial charge in [-0.25, -0.2) is 9.97 Å². The smallest absolute Gasteiger partial charge is 0.220 e. The minimum atomic E-state index is 0.0405. The van der Waals surface area contributed by atoms with Gasteiger partial charge in [-0.1, -0.05) is 21.6 Å². The topological polar surface area (TPSA) is 116 Å². The predicted molar refractivity (Wildman–Crippen MR) is 185 cm³/mol. The number of hydrogen-bond donors (Lipinski definition) is 4. The minimum Gasteiger partial charge on any atom is -0.355 e. The third kappa shape index (κ3) is 6.66. The summed E-state index contributed by atoms with van der Waals surface area (Å²) in [5, 5.41) is 6.13. The van der Waals surface area contributed by atoms with Crippen LogP contribution in [0.4, 0.5) is 0 Å². The molecule has 0 fully saturated rings. The average molecular weight is 627 g/mol. The number of aryl methyl sites for hydroxylation is 3. The van der Waals surface area contributed by atoms with Crippen LogP contribution in [0.1, 0.15) is 72.6 Å². The summed E-state index contributed by atoms with van der Waals surface area (Å²) < 4.78 is 0. The quantitative estimate of drug-likeness (QED) is 0.205. The zero-order valence-electron chi connectivity index (χ0n) is 25.6. The lowest BCUT2D eigenvalue weighted by atomic mass is 10.00. The Kier molecular flexibility index (Phi) is 9.00. The maximum Gasteiger partial charge on any atom is 0.220 e. The van der Waals surface area contributed by atoms with Crippen LogP contribution in [-0.2, 0) is 16.0 Å². The highest BCUT2D eigenvalue weighted by Crippen LogP contribution is 2.35. The largest absolute Gasteiger partial charge is 0.355 e. The number of rotatable bonds is 0. The molecule has 3 aliphatic heterocycles. The fraction of sp³-hybridized carbons (Fsp3) is 0.353. The number of amides is 2. The number of nitrogens with one attached hydrogen (secondary N) is 4. The Balaban J connectivity index is 1.57. The third-order valence-corrected chi connectivity index (χ3v) is 10.8. The Hall–Kier alpha value is -3.76. The van der Waals surface area contributed by atoms with Crippen LogP contribution in [0.5, 0.6) is 0 Å². The van der Waals surface area contributed by atoms with Gasteiger partial charge >= 0.3 is 0 Å². The molecule has 0 radical (unpaired) electrons. The standard InChI is InChI=1S/C34H38N6O2S2/c1-19-13-24-16-29-21(3)25-5-7-33(41)35-9-11-43-44-12-10-36-34(42)8-6-26-22(4)30(40-32(26)18-31(25)39-29)17-28-20(2)14-23(38-28)15-27(19)37-24/h13-18,37,39H,5-12H2,1-4H3,(H,35,41)(H,36,42). The van der Waals surface area contributed by atoms with Crippen molar-refractivity contribution in [3.8, 4) is 0 Å². The van der Waals surface area contributed by atoms with Crippen molar-refractivity contribution < 1.29 is 9.59 Å². The molecule has 0 atom stereocenters. The fourth-order valence-electron chi connectivity index (χ4n) is 5.88. The Bertz CT molecular complexity index is 1870. The van der Waals surface area contributed by atoms with Gasteiger partial charge in [0.15, 0.2) is 0 Å². The molecule has 4 N–H and O–H groups in total. The number of nitrogens with zero attached hydrogens (tertiary/aromatic N) is 2. The lowest BCUT2D eigenvalue weighted by Crippen LogP contribution is -2.26. The molecule has 228 valence electrons. The lowest BCUT2D eigenvalue weighted by Gasteiger charge is -2.07. The van der Waals surface area contributed by atoms with Gasteiger partial charge in [0.2, 0.25) is 11.8 Å². The normalized spacial score (nSPS) is 17.1. The van der Waals surface area contributed by atoms with Gasteiger partial charge in [0.05, 0.1) is 22.8 Å². The van der Waals surface area contributed by atoms with Gasteiger partial charge in [0.1, 0.15) is 0 Å². The third-order valence-electron chi connectivity index (χ3n) is 8.38. The first kappa shape index (κ1) is 30.3. The molecule has 44 heavy (non-hydrogen) atoms. The zero-order valence-corrected chi connectivity index (χ0v) is 27.3. The molecule has 8 nitrogen and oxygen atoms in total. The molecule has 8 bridgehead atoms. The monoisotopic (exact) mass is 626 g/mol.